The molecule has 0 aliphatic carbocycles. The lowest BCUT2D eigenvalue weighted by Crippen LogP contribution is -2.29. The third kappa shape index (κ3) is 72.3. The van der Waals surface area contributed by atoms with Crippen molar-refractivity contribution in [2.45, 2.75) is 290 Å². The molecule has 0 bridgehead atoms. The van der Waals surface area contributed by atoms with Gasteiger partial charge in [0.1, 0.15) is 6.61 Å². The molecule has 0 spiro atoms. The number of unbranched alkanes of at least 4 members (excludes halogenated alkanes) is 24. The number of rotatable bonds is 65. The number of carbonyl (C=O) groups is 2. The second-order valence-electron chi connectivity index (χ2n) is 23.0. The molecule has 3 N–H and O–H groups in total. The van der Waals surface area contributed by atoms with Crippen molar-refractivity contribution in [3.8, 4) is 0 Å². The Morgan fingerprint density at radius 2 is 0.618 bits per heavy atom. The Labute approximate surface area is 546 Å². The first-order valence-corrected chi connectivity index (χ1v) is 37.1. The molecule has 0 saturated carbocycles. The number of ether oxygens (including phenoxy) is 2. The van der Waals surface area contributed by atoms with Crippen LogP contribution in [0.4, 0.5) is 0 Å². The summed E-state index contributed by atoms with van der Waals surface area (Å²) in [5, 5.41) is 0. The van der Waals surface area contributed by atoms with E-state index in [1.807, 2.05) is 0 Å². The number of phosphoric acid groups is 1. The fourth-order valence-corrected chi connectivity index (χ4v) is 10.1. The maximum atomic E-state index is 12.8. The first kappa shape index (κ1) is 84.4. The minimum atomic E-state index is -4.41. The molecule has 89 heavy (non-hydrogen) atoms. The molecule has 0 aromatic rings. The van der Waals surface area contributed by atoms with Gasteiger partial charge in [0.05, 0.1) is 13.2 Å². The summed E-state index contributed by atoms with van der Waals surface area (Å²) in [5.74, 6) is -0.862. The van der Waals surface area contributed by atoms with Gasteiger partial charge in [-0.1, -0.05) is 306 Å². The molecule has 0 aromatic carbocycles. The lowest BCUT2D eigenvalue weighted by Gasteiger charge is -2.19. The molecule has 0 aliphatic heterocycles. The molecular weight excluding hydrogens is 1120 g/mol. The lowest BCUT2D eigenvalue weighted by molar-refractivity contribution is -0.161. The molecule has 2 atom stereocenters. The molecule has 0 aromatic heterocycles. The van der Waals surface area contributed by atoms with Crippen LogP contribution in [0.3, 0.4) is 0 Å². The molecule has 9 nitrogen and oxygen atoms in total. The molecule has 10 heteroatoms. The number of allylic oxidation sites excluding steroid dienone is 28. The van der Waals surface area contributed by atoms with E-state index in [0.29, 0.717) is 6.42 Å². The molecule has 2 unspecified atom stereocenters. The Morgan fingerprint density at radius 1 is 0.348 bits per heavy atom. The van der Waals surface area contributed by atoms with Crippen molar-refractivity contribution in [1.29, 1.82) is 0 Å². The van der Waals surface area contributed by atoms with E-state index in [1.54, 1.807) is 0 Å². The second kappa shape index (κ2) is 72.4. The minimum Gasteiger partial charge on any atom is -0.462 e. The Balaban J connectivity index is 4.02. The minimum absolute atomic E-state index is 0.0411. The first-order chi connectivity index (χ1) is 43.8. The van der Waals surface area contributed by atoms with Gasteiger partial charge in [-0.15, -0.1) is 0 Å². The largest absolute Gasteiger partial charge is 0.472 e. The van der Waals surface area contributed by atoms with Crippen molar-refractivity contribution in [1.82, 2.24) is 0 Å². The Morgan fingerprint density at radius 3 is 0.921 bits per heavy atom. The Hall–Kier alpha value is -4.63. The molecule has 0 fully saturated rings. The van der Waals surface area contributed by atoms with Crippen LogP contribution in [0.25, 0.3) is 0 Å². The maximum Gasteiger partial charge on any atom is 0.472 e. The summed E-state index contributed by atoms with van der Waals surface area (Å²) in [4.78, 5) is 35.4. The first-order valence-electron chi connectivity index (χ1n) is 35.6. The third-order valence-corrected chi connectivity index (χ3v) is 15.6. The van der Waals surface area contributed by atoms with Gasteiger partial charge in [-0.05, 0) is 135 Å². The van der Waals surface area contributed by atoms with Gasteiger partial charge in [0.2, 0.25) is 0 Å². The van der Waals surface area contributed by atoms with Gasteiger partial charge in [-0.25, -0.2) is 4.57 Å². The number of hydrogen-bond acceptors (Lipinski definition) is 8. The summed E-state index contributed by atoms with van der Waals surface area (Å²) in [6.45, 7) is 3.59. The van der Waals surface area contributed by atoms with E-state index in [-0.39, 0.29) is 32.6 Å². The summed E-state index contributed by atoms with van der Waals surface area (Å²) in [6, 6.07) is 0. The van der Waals surface area contributed by atoms with E-state index in [1.165, 1.54) is 122 Å². The standard InChI is InChI=1S/C79H130NO8P/c1-3-5-7-9-11-13-15-17-19-21-23-25-27-29-31-32-33-34-35-36-37-38-39-40-41-42-43-44-46-48-50-52-54-56-58-60-62-64-66-68-70-72-79(82)88-77(76-87-89(83,84)86-74-73-80)75-85-78(81)71-69-67-65-63-61-59-57-55-53-51-49-47-45-30-28-26-24-22-20-18-16-14-12-10-8-6-4-2/h5,7,11,13,16-19,22-25,29,31,33-34,36-37,39-40,42-43,46,48,52,54,58,60,77H,3-4,6,8-10,12,14-15,20-21,26-28,30,32,35,38,41,44-45,47,49-51,53,55-57,59,61-76,80H2,1-2H3,(H,83,84)/b7-5-,13-11-,18-16-,19-17-,24-22-,25-23-,31-29-,34-33-,37-36-,40-39-,43-42-,48-46-,54-52-,60-58-. The van der Waals surface area contributed by atoms with Crippen LogP contribution in [0.5, 0.6) is 0 Å². The van der Waals surface area contributed by atoms with E-state index < -0.39 is 32.5 Å². The van der Waals surface area contributed by atoms with Gasteiger partial charge in [0, 0.05) is 19.4 Å². The Bertz CT molecular complexity index is 2070. The van der Waals surface area contributed by atoms with Crippen LogP contribution >= 0.6 is 7.82 Å². The lowest BCUT2D eigenvalue weighted by atomic mass is 10.0. The molecular formula is C79H130NO8P. The topological polar surface area (TPSA) is 134 Å². The van der Waals surface area contributed by atoms with Gasteiger partial charge in [-0.3, -0.25) is 18.6 Å². The zero-order valence-corrected chi connectivity index (χ0v) is 57.5. The highest BCUT2D eigenvalue weighted by Crippen LogP contribution is 2.43. The van der Waals surface area contributed by atoms with Gasteiger partial charge in [-0.2, -0.15) is 0 Å². The quantitative estimate of drug-likeness (QED) is 0.0264. The zero-order chi connectivity index (χ0) is 64.4. The third-order valence-electron chi connectivity index (χ3n) is 14.6. The van der Waals surface area contributed by atoms with Gasteiger partial charge in [0.15, 0.2) is 6.10 Å². The highest BCUT2D eigenvalue weighted by molar-refractivity contribution is 7.47. The molecule has 0 heterocycles. The second-order valence-corrected chi connectivity index (χ2v) is 24.5. The number of esters is 2. The average molecular weight is 1250 g/mol. The van der Waals surface area contributed by atoms with Gasteiger partial charge >= 0.3 is 19.8 Å². The van der Waals surface area contributed by atoms with Gasteiger partial charge in [0.25, 0.3) is 0 Å². The fraction of sp³-hybridized carbons (Fsp3) is 0.620. The Kier molecular flexibility index (Phi) is 68.7. The van der Waals surface area contributed by atoms with Crippen LogP contribution in [0.1, 0.15) is 284 Å². The number of hydrogen-bond donors (Lipinski definition) is 2. The summed E-state index contributed by atoms with van der Waals surface area (Å²) < 4.78 is 33.1. The van der Waals surface area contributed by atoms with Crippen molar-refractivity contribution in [3.05, 3.63) is 170 Å². The van der Waals surface area contributed by atoms with Crippen LogP contribution in [0, 0.1) is 0 Å². The molecule has 0 rings (SSSR count). The van der Waals surface area contributed by atoms with Gasteiger partial charge < -0.3 is 20.1 Å². The molecule has 0 radical (unpaired) electrons. The number of carbonyl (C=O) groups excluding carboxylic acids is 2. The van der Waals surface area contributed by atoms with Crippen molar-refractivity contribution in [2.75, 3.05) is 26.4 Å². The van der Waals surface area contributed by atoms with Crippen molar-refractivity contribution in [2.24, 2.45) is 5.73 Å². The fourth-order valence-electron chi connectivity index (χ4n) is 9.35. The zero-order valence-electron chi connectivity index (χ0n) is 56.6. The molecule has 0 amide bonds. The highest BCUT2D eigenvalue weighted by atomic mass is 31.2. The van der Waals surface area contributed by atoms with Crippen molar-refractivity contribution >= 4 is 19.8 Å². The van der Waals surface area contributed by atoms with Crippen LogP contribution in [-0.2, 0) is 32.7 Å². The average Bonchev–Trinajstić information content (AvgIpc) is 3.58. The monoisotopic (exact) mass is 1250 g/mol. The van der Waals surface area contributed by atoms with Crippen LogP contribution in [-0.4, -0.2) is 49.3 Å². The predicted octanol–water partition coefficient (Wildman–Crippen LogP) is 23.7. The summed E-state index contributed by atoms with van der Waals surface area (Å²) >= 11 is 0. The van der Waals surface area contributed by atoms with Crippen molar-refractivity contribution < 1.29 is 37.6 Å². The molecule has 504 valence electrons. The van der Waals surface area contributed by atoms with Crippen LogP contribution in [0.2, 0.25) is 0 Å². The van der Waals surface area contributed by atoms with Crippen LogP contribution < -0.4 is 5.73 Å². The predicted molar refractivity (Wildman–Crippen MR) is 385 cm³/mol. The number of phosphoric ester groups is 1. The van der Waals surface area contributed by atoms with E-state index in [2.05, 4.69) is 184 Å². The SMILES string of the molecule is CC/C=C\C/C=C\C/C=C\C/C=C\C/C=C\C/C=C\C/C=C\C/C=C\C/C=C\C/C=C\C/C=C\C/C=C\CCCCCCC(=O)OC(COC(=O)CCCCCCCCCCCCCCCCC/C=C\C/C=C\CCCCCCC)COP(=O)(O)OCCN. The van der Waals surface area contributed by atoms with E-state index in [0.717, 1.165) is 128 Å². The molecule has 0 saturated heterocycles. The smallest absolute Gasteiger partial charge is 0.462 e. The van der Waals surface area contributed by atoms with Crippen LogP contribution in [0.15, 0.2) is 170 Å². The number of nitrogens with two attached hydrogens (primary N) is 1. The highest BCUT2D eigenvalue weighted by Gasteiger charge is 2.26. The summed E-state index contributed by atoms with van der Waals surface area (Å²) in [7, 11) is -4.41. The van der Waals surface area contributed by atoms with Crippen molar-refractivity contribution in [3.63, 3.8) is 0 Å². The van der Waals surface area contributed by atoms with E-state index >= 15 is 0 Å². The maximum absolute atomic E-state index is 12.8. The summed E-state index contributed by atoms with van der Waals surface area (Å²) in [6.07, 6.45) is 107. The van der Waals surface area contributed by atoms with E-state index in [9.17, 15) is 19.0 Å². The normalized spacial score (nSPS) is 14.0. The molecule has 0 aliphatic rings. The van der Waals surface area contributed by atoms with E-state index in [4.69, 9.17) is 24.3 Å². The summed E-state index contributed by atoms with van der Waals surface area (Å²) in [5.41, 5.74) is 5.40.